The van der Waals surface area contributed by atoms with Gasteiger partial charge in [0.1, 0.15) is 5.82 Å². The molecular formula is C15H10BrFN2O. The Hall–Kier alpha value is -2.14. The third kappa shape index (κ3) is 2.32. The van der Waals surface area contributed by atoms with Crippen LogP contribution in [0.3, 0.4) is 0 Å². The number of anilines is 1. The Labute approximate surface area is 123 Å². The summed E-state index contributed by atoms with van der Waals surface area (Å²) in [5, 5.41) is 3.82. The summed E-state index contributed by atoms with van der Waals surface area (Å²) in [6.07, 6.45) is 0. The van der Waals surface area contributed by atoms with Crippen molar-refractivity contribution in [2.45, 2.75) is 0 Å². The van der Waals surface area contributed by atoms with Crippen LogP contribution in [0.2, 0.25) is 0 Å². The minimum Gasteiger partial charge on any atom is -0.380 e. The SMILES string of the molecule is Nc1noc(-c2ccc(F)cc2)c1-c1cccc(Br)c1. The minimum absolute atomic E-state index is 0.301. The molecule has 1 aromatic heterocycles. The molecule has 0 unspecified atom stereocenters. The smallest absolute Gasteiger partial charge is 0.176 e. The Morgan fingerprint density at radius 1 is 1.05 bits per heavy atom. The van der Waals surface area contributed by atoms with E-state index >= 15 is 0 Å². The molecule has 3 aromatic rings. The van der Waals surface area contributed by atoms with Crippen molar-refractivity contribution in [3.63, 3.8) is 0 Å². The zero-order valence-corrected chi connectivity index (χ0v) is 11.9. The van der Waals surface area contributed by atoms with E-state index in [9.17, 15) is 4.39 Å². The highest BCUT2D eigenvalue weighted by atomic mass is 79.9. The molecule has 0 bridgehead atoms. The summed E-state index contributed by atoms with van der Waals surface area (Å²) in [4.78, 5) is 0. The predicted octanol–water partition coefficient (Wildman–Crippen LogP) is 4.49. The fourth-order valence-corrected chi connectivity index (χ4v) is 2.42. The summed E-state index contributed by atoms with van der Waals surface area (Å²) < 4.78 is 19.2. The largest absolute Gasteiger partial charge is 0.380 e. The van der Waals surface area contributed by atoms with Gasteiger partial charge in [-0.3, -0.25) is 0 Å². The summed E-state index contributed by atoms with van der Waals surface area (Å²) in [6.45, 7) is 0. The number of nitrogens with zero attached hydrogens (tertiary/aromatic N) is 1. The molecule has 3 nitrogen and oxygen atoms in total. The van der Waals surface area contributed by atoms with Gasteiger partial charge in [-0.05, 0) is 42.0 Å². The average Bonchev–Trinajstić information content (AvgIpc) is 2.81. The molecule has 0 saturated carbocycles. The van der Waals surface area contributed by atoms with Crippen molar-refractivity contribution in [1.82, 2.24) is 5.16 Å². The maximum atomic E-state index is 13.0. The first kappa shape index (κ1) is 12.9. The van der Waals surface area contributed by atoms with Crippen LogP contribution in [0.1, 0.15) is 0 Å². The zero-order chi connectivity index (χ0) is 14.1. The van der Waals surface area contributed by atoms with Crippen molar-refractivity contribution in [1.29, 1.82) is 0 Å². The summed E-state index contributed by atoms with van der Waals surface area (Å²) in [5.74, 6) is 0.535. The Morgan fingerprint density at radius 2 is 1.80 bits per heavy atom. The fourth-order valence-electron chi connectivity index (χ4n) is 2.02. The lowest BCUT2D eigenvalue weighted by molar-refractivity contribution is 0.436. The van der Waals surface area contributed by atoms with Gasteiger partial charge in [-0.1, -0.05) is 33.2 Å². The lowest BCUT2D eigenvalue weighted by Crippen LogP contribution is -1.89. The molecule has 5 heteroatoms. The first-order valence-corrected chi connectivity index (χ1v) is 6.71. The van der Waals surface area contributed by atoms with Gasteiger partial charge in [0.2, 0.25) is 0 Å². The van der Waals surface area contributed by atoms with Crippen molar-refractivity contribution in [3.05, 3.63) is 58.8 Å². The Bertz CT molecular complexity index is 753. The van der Waals surface area contributed by atoms with Gasteiger partial charge in [0, 0.05) is 10.0 Å². The summed E-state index contributed by atoms with van der Waals surface area (Å²) in [7, 11) is 0. The van der Waals surface area contributed by atoms with Gasteiger partial charge in [-0.25, -0.2) is 4.39 Å². The lowest BCUT2D eigenvalue weighted by Gasteiger charge is -2.03. The molecule has 2 aromatic carbocycles. The summed E-state index contributed by atoms with van der Waals surface area (Å²) in [6, 6.07) is 13.7. The summed E-state index contributed by atoms with van der Waals surface area (Å²) >= 11 is 3.42. The third-order valence-corrected chi connectivity index (χ3v) is 3.43. The first-order chi connectivity index (χ1) is 9.65. The van der Waals surface area contributed by atoms with Crippen LogP contribution < -0.4 is 5.73 Å². The molecule has 0 aliphatic heterocycles. The van der Waals surface area contributed by atoms with Crippen LogP contribution in [0.15, 0.2) is 57.5 Å². The number of hydrogen-bond acceptors (Lipinski definition) is 3. The number of benzene rings is 2. The number of aromatic nitrogens is 1. The highest BCUT2D eigenvalue weighted by molar-refractivity contribution is 9.10. The molecule has 0 aliphatic carbocycles. The standard InChI is InChI=1S/C15H10BrFN2O/c16-11-3-1-2-10(8-11)13-14(20-19-15(13)18)9-4-6-12(17)7-5-9/h1-8H,(H2,18,19). The van der Waals surface area contributed by atoms with E-state index in [4.69, 9.17) is 10.3 Å². The third-order valence-electron chi connectivity index (χ3n) is 2.94. The molecule has 0 aliphatic rings. The highest BCUT2D eigenvalue weighted by Crippen LogP contribution is 2.37. The van der Waals surface area contributed by atoms with Crippen LogP contribution in [0, 0.1) is 5.82 Å². The topological polar surface area (TPSA) is 52.0 Å². The van der Waals surface area contributed by atoms with E-state index in [1.54, 1.807) is 12.1 Å². The second-order valence-corrected chi connectivity index (χ2v) is 5.20. The van der Waals surface area contributed by atoms with E-state index in [0.29, 0.717) is 17.1 Å². The fraction of sp³-hybridized carbons (Fsp3) is 0. The van der Waals surface area contributed by atoms with Crippen LogP contribution in [0.4, 0.5) is 10.2 Å². The maximum absolute atomic E-state index is 13.0. The molecule has 1 heterocycles. The van der Waals surface area contributed by atoms with Crippen molar-refractivity contribution in [3.8, 4) is 22.5 Å². The number of hydrogen-bond donors (Lipinski definition) is 1. The molecule has 20 heavy (non-hydrogen) atoms. The van der Waals surface area contributed by atoms with Gasteiger partial charge < -0.3 is 10.3 Å². The van der Waals surface area contributed by atoms with E-state index in [0.717, 1.165) is 15.6 Å². The molecule has 0 fully saturated rings. The van der Waals surface area contributed by atoms with Gasteiger partial charge in [-0.15, -0.1) is 0 Å². The molecule has 0 atom stereocenters. The van der Waals surface area contributed by atoms with Gasteiger partial charge in [0.25, 0.3) is 0 Å². The molecule has 0 spiro atoms. The van der Waals surface area contributed by atoms with Crippen molar-refractivity contribution in [2.75, 3.05) is 5.73 Å². The molecule has 0 radical (unpaired) electrons. The van der Waals surface area contributed by atoms with Gasteiger partial charge in [0.05, 0.1) is 5.56 Å². The molecular weight excluding hydrogens is 323 g/mol. The van der Waals surface area contributed by atoms with Gasteiger partial charge in [0.15, 0.2) is 11.6 Å². The summed E-state index contributed by atoms with van der Waals surface area (Å²) in [5.41, 5.74) is 8.22. The highest BCUT2D eigenvalue weighted by Gasteiger charge is 2.17. The lowest BCUT2D eigenvalue weighted by atomic mass is 10.0. The number of halogens is 2. The van der Waals surface area contributed by atoms with E-state index in [1.807, 2.05) is 24.3 Å². The van der Waals surface area contributed by atoms with Crippen LogP contribution in [-0.2, 0) is 0 Å². The normalized spacial score (nSPS) is 10.7. The Balaban J connectivity index is 2.17. The van der Waals surface area contributed by atoms with E-state index in [2.05, 4.69) is 21.1 Å². The van der Waals surface area contributed by atoms with E-state index in [-0.39, 0.29) is 5.82 Å². The second-order valence-electron chi connectivity index (χ2n) is 4.29. The zero-order valence-electron chi connectivity index (χ0n) is 10.3. The van der Waals surface area contributed by atoms with Crippen LogP contribution in [0.25, 0.3) is 22.5 Å². The molecule has 0 amide bonds. The van der Waals surface area contributed by atoms with Crippen molar-refractivity contribution in [2.24, 2.45) is 0 Å². The number of rotatable bonds is 2. The predicted molar refractivity (Wildman–Crippen MR) is 79.4 cm³/mol. The monoisotopic (exact) mass is 332 g/mol. The minimum atomic E-state index is -0.301. The van der Waals surface area contributed by atoms with Gasteiger partial charge in [-0.2, -0.15) is 0 Å². The molecule has 2 N–H and O–H groups in total. The second kappa shape index (κ2) is 5.09. The van der Waals surface area contributed by atoms with Crippen molar-refractivity contribution < 1.29 is 8.91 Å². The maximum Gasteiger partial charge on any atom is 0.176 e. The Kier molecular flexibility index (Phi) is 3.28. The van der Waals surface area contributed by atoms with Crippen molar-refractivity contribution >= 4 is 21.7 Å². The number of nitrogens with two attached hydrogens (primary N) is 1. The van der Waals surface area contributed by atoms with E-state index in [1.165, 1.54) is 12.1 Å². The first-order valence-electron chi connectivity index (χ1n) is 5.92. The van der Waals surface area contributed by atoms with Gasteiger partial charge >= 0.3 is 0 Å². The van der Waals surface area contributed by atoms with E-state index < -0.39 is 0 Å². The average molecular weight is 333 g/mol. The number of nitrogen functional groups attached to an aromatic ring is 1. The van der Waals surface area contributed by atoms with Crippen LogP contribution in [-0.4, -0.2) is 5.16 Å². The molecule has 3 rings (SSSR count). The molecule has 0 saturated heterocycles. The molecule has 100 valence electrons. The Morgan fingerprint density at radius 3 is 2.50 bits per heavy atom. The quantitative estimate of drug-likeness (QED) is 0.752. The van der Waals surface area contributed by atoms with Crippen LogP contribution in [0.5, 0.6) is 0 Å². The van der Waals surface area contributed by atoms with Crippen LogP contribution >= 0.6 is 15.9 Å².